The number of fused-ring (bicyclic) bond motifs is 2. The minimum atomic E-state index is 0.572. The first kappa shape index (κ1) is 19.3. The molecule has 2 atom stereocenters. The van der Waals surface area contributed by atoms with Gasteiger partial charge in [0, 0.05) is 7.11 Å². The molecule has 0 aliphatic heterocycles. The predicted octanol–water partition coefficient (Wildman–Crippen LogP) is 7.28. The van der Waals surface area contributed by atoms with Crippen molar-refractivity contribution < 1.29 is 4.74 Å². The molecule has 0 amide bonds. The molecule has 0 aromatic carbocycles. The zero-order chi connectivity index (χ0) is 16.2. The van der Waals surface area contributed by atoms with Crippen molar-refractivity contribution in [2.45, 2.75) is 122 Å². The van der Waals surface area contributed by atoms with Crippen LogP contribution in [0.15, 0.2) is 0 Å². The van der Waals surface area contributed by atoms with Crippen LogP contribution >= 0.6 is 0 Å². The minimum absolute atomic E-state index is 0.572. The molecule has 2 saturated carbocycles. The third-order valence-corrected chi connectivity index (χ3v) is 6.50. The molecule has 136 valence electrons. The summed E-state index contributed by atoms with van der Waals surface area (Å²) in [5, 5.41) is 0. The van der Waals surface area contributed by atoms with E-state index in [1.807, 2.05) is 7.11 Å². The van der Waals surface area contributed by atoms with Crippen LogP contribution in [0.2, 0.25) is 0 Å². The zero-order valence-corrected chi connectivity index (χ0v) is 15.9. The van der Waals surface area contributed by atoms with Gasteiger partial charge in [0.2, 0.25) is 0 Å². The highest BCUT2D eigenvalue weighted by Crippen LogP contribution is 2.37. The van der Waals surface area contributed by atoms with E-state index in [1.165, 1.54) is 116 Å². The van der Waals surface area contributed by atoms with E-state index in [1.54, 1.807) is 0 Å². The average Bonchev–Trinajstić information content (AvgIpc) is 2.57. The van der Waals surface area contributed by atoms with E-state index in [4.69, 9.17) is 4.74 Å². The number of ether oxygens (including phenoxy) is 1. The Hall–Kier alpha value is -0.0400. The van der Waals surface area contributed by atoms with E-state index in [-0.39, 0.29) is 0 Å². The van der Waals surface area contributed by atoms with E-state index in [0.717, 1.165) is 11.8 Å². The van der Waals surface area contributed by atoms with Crippen molar-refractivity contribution in [3.05, 3.63) is 0 Å². The van der Waals surface area contributed by atoms with Gasteiger partial charge in [0.15, 0.2) is 0 Å². The van der Waals surface area contributed by atoms with Crippen LogP contribution in [0.3, 0.4) is 0 Å². The summed E-state index contributed by atoms with van der Waals surface area (Å²) in [4.78, 5) is 0. The minimum Gasteiger partial charge on any atom is -0.381 e. The summed E-state index contributed by atoms with van der Waals surface area (Å²) in [6.45, 7) is 0. The Bertz CT molecular complexity index is 251. The van der Waals surface area contributed by atoms with Gasteiger partial charge in [0.05, 0.1) is 6.10 Å². The lowest BCUT2D eigenvalue weighted by molar-refractivity contribution is -0.0270. The van der Waals surface area contributed by atoms with Gasteiger partial charge in [-0.3, -0.25) is 0 Å². The summed E-state index contributed by atoms with van der Waals surface area (Å²) in [7, 11) is 1.97. The normalized spacial score (nSPS) is 33.5. The van der Waals surface area contributed by atoms with Crippen LogP contribution in [-0.4, -0.2) is 13.2 Å². The number of hydrogen-bond donors (Lipinski definition) is 0. The third kappa shape index (κ3) is 7.59. The molecule has 23 heavy (non-hydrogen) atoms. The molecule has 0 heterocycles. The second-order valence-electron chi connectivity index (χ2n) is 8.32. The fraction of sp³-hybridized carbons (Fsp3) is 1.00. The summed E-state index contributed by atoms with van der Waals surface area (Å²) in [6.07, 6.45) is 26.8. The van der Waals surface area contributed by atoms with E-state index >= 15 is 0 Å². The van der Waals surface area contributed by atoms with Gasteiger partial charge >= 0.3 is 0 Å². The number of hydrogen-bond acceptors (Lipinski definition) is 1. The molecule has 0 spiro atoms. The van der Waals surface area contributed by atoms with Gasteiger partial charge in [0.1, 0.15) is 0 Å². The lowest BCUT2D eigenvalue weighted by Crippen LogP contribution is -2.35. The predicted molar refractivity (Wildman–Crippen MR) is 101 cm³/mol. The van der Waals surface area contributed by atoms with Crippen molar-refractivity contribution in [1.82, 2.24) is 0 Å². The first-order valence-corrected chi connectivity index (χ1v) is 10.9. The molecule has 2 aliphatic rings. The maximum atomic E-state index is 6.00. The standard InChI is InChI=1S/C22H42O/c1-23-22-20-16-13-11-9-7-5-3-2-4-6-8-10-12-14-17-21(22)19-15-18-20/h20-22H,2-19H2,1H3. The van der Waals surface area contributed by atoms with Crippen LogP contribution in [0.1, 0.15) is 116 Å². The topological polar surface area (TPSA) is 9.23 Å². The van der Waals surface area contributed by atoms with Crippen molar-refractivity contribution >= 4 is 0 Å². The Morgan fingerprint density at radius 3 is 1.09 bits per heavy atom. The molecule has 2 bridgehead atoms. The van der Waals surface area contributed by atoms with Gasteiger partial charge in [0.25, 0.3) is 0 Å². The molecule has 2 rings (SSSR count). The van der Waals surface area contributed by atoms with E-state index in [0.29, 0.717) is 6.10 Å². The molecular formula is C22H42O. The van der Waals surface area contributed by atoms with Crippen LogP contribution < -0.4 is 0 Å². The monoisotopic (exact) mass is 322 g/mol. The van der Waals surface area contributed by atoms with Gasteiger partial charge in [-0.2, -0.15) is 0 Å². The fourth-order valence-corrected chi connectivity index (χ4v) is 5.12. The van der Waals surface area contributed by atoms with Crippen molar-refractivity contribution in [2.24, 2.45) is 11.8 Å². The van der Waals surface area contributed by atoms with Crippen molar-refractivity contribution in [3.8, 4) is 0 Å². The number of methoxy groups -OCH3 is 1. The largest absolute Gasteiger partial charge is 0.381 e. The summed E-state index contributed by atoms with van der Waals surface area (Å²) in [6, 6.07) is 0. The van der Waals surface area contributed by atoms with Crippen molar-refractivity contribution in [1.29, 1.82) is 0 Å². The highest BCUT2D eigenvalue weighted by molar-refractivity contribution is 4.83. The highest BCUT2D eigenvalue weighted by atomic mass is 16.5. The van der Waals surface area contributed by atoms with Gasteiger partial charge in [-0.25, -0.2) is 0 Å². The molecule has 2 fully saturated rings. The van der Waals surface area contributed by atoms with E-state index < -0.39 is 0 Å². The molecular weight excluding hydrogens is 280 g/mol. The molecule has 0 aromatic heterocycles. The Morgan fingerprint density at radius 2 is 0.739 bits per heavy atom. The second-order valence-corrected chi connectivity index (χ2v) is 8.32. The van der Waals surface area contributed by atoms with Crippen LogP contribution in [0.25, 0.3) is 0 Å². The molecule has 2 unspecified atom stereocenters. The Labute approximate surface area is 146 Å². The Balaban J connectivity index is 1.78. The van der Waals surface area contributed by atoms with Crippen LogP contribution in [0.4, 0.5) is 0 Å². The Morgan fingerprint density at radius 1 is 0.435 bits per heavy atom. The molecule has 0 N–H and O–H groups in total. The third-order valence-electron chi connectivity index (χ3n) is 6.50. The zero-order valence-electron chi connectivity index (χ0n) is 15.9. The van der Waals surface area contributed by atoms with E-state index in [9.17, 15) is 0 Å². The maximum absolute atomic E-state index is 6.00. The Kier molecular flexibility index (Phi) is 10.3. The molecule has 0 radical (unpaired) electrons. The van der Waals surface area contributed by atoms with Gasteiger partial charge < -0.3 is 4.74 Å². The quantitative estimate of drug-likeness (QED) is 0.492. The fourth-order valence-electron chi connectivity index (χ4n) is 5.12. The van der Waals surface area contributed by atoms with Crippen molar-refractivity contribution in [3.63, 3.8) is 0 Å². The lowest BCUT2D eigenvalue weighted by Gasteiger charge is -2.37. The first-order chi connectivity index (χ1) is 11.4. The lowest BCUT2D eigenvalue weighted by atomic mass is 9.74. The summed E-state index contributed by atoms with van der Waals surface area (Å²) in [5.41, 5.74) is 0. The summed E-state index contributed by atoms with van der Waals surface area (Å²) < 4.78 is 6.00. The number of rotatable bonds is 1. The second kappa shape index (κ2) is 12.3. The van der Waals surface area contributed by atoms with Crippen LogP contribution in [0.5, 0.6) is 0 Å². The molecule has 1 nitrogen and oxygen atoms in total. The van der Waals surface area contributed by atoms with E-state index in [2.05, 4.69) is 0 Å². The molecule has 1 heteroatoms. The molecule has 2 aliphatic carbocycles. The average molecular weight is 323 g/mol. The van der Waals surface area contributed by atoms with Gasteiger partial charge in [-0.15, -0.1) is 0 Å². The summed E-state index contributed by atoms with van der Waals surface area (Å²) >= 11 is 0. The first-order valence-electron chi connectivity index (χ1n) is 10.9. The van der Waals surface area contributed by atoms with Crippen molar-refractivity contribution in [2.75, 3.05) is 7.11 Å². The molecule has 0 saturated heterocycles. The van der Waals surface area contributed by atoms with Gasteiger partial charge in [-0.1, -0.05) is 89.9 Å². The highest BCUT2D eigenvalue weighted by Gasteiger charge is 2.32. The SMILES string of the molecule is COC1C2CCCCCCCCCCCCCCCC1CCC2. The molecule has 0 aromatic rings. The van der Waals surface area contributed by atoms with Crippen LogP contribution in [0, 0.1) is 11.8 Å². The van der Waals surface area contributed by atoms with Gasteiger partial charge in [-0.05, 0) is 37.5 Å². The smallest absolute Gasteiger partial charge is 0.0627 e. The summed E-state index contributed by atoms with van der Waals surface area (Å²) in [5.74, 6) is 1.72. The maximum Gasteiger partial charge on any atom is 0.0627 e. The van der Waals surface area contributed by atoms with Crippen LogP contribution in [-0.2, 0) is 4.74 Å².